The third-order valence-corrected chi connectivity index (χ3v) is 5.61. The van der Waals surface area contributed by atoms with Crippen LogP contribution in [0.1, 0.15) is 18.4 Å². The first-order chi connectivity index (χ1) is 14.3. The molecule has 1 fully saturated rings. The van der Waals surface area contributed by atoms with Crippen LogP contribution in [-0.2, 0) is 10.5 Å². The summed E-state index contributed by atoms with van der Waals surface area (Å²) in [6, 6.07) is 5.77. The molecule has 3 heterocycles. The molecule has 5 N–H and O–H groups in total. The van der Waals surface area contributed by atoms with Gasteiger partial charge in [0.15, 0.2) is 17.2 Å². The largest absolute Gasteiger partial charge is 0.394 e. The summed E-state index contributed by atoms with van der Waals surface area (Å²) < 4.78 is 7.50. The monoisotopic (exact) mass is 416 g/mol. The Morgan fingerprint density at radius 1 is 1.30 bits per heavy atom. The van der Waals surface area contributed by atoms with Crippen LogP contribution in [0.25, 0.3) is 11.2 Å². The minimum absolute atomic E-state index is 0.0882. The first kappa shape index (κ1) is 20.1. The predicted octanol–water partition coefficient (Wildman–Crippen LogP) is -0.114. The topological polar surface area (TPSA) is 183 Å². The molecule has 0 aliphatic carbocycles. The minimum Gasteiger partial charge on any atom is -0.394 e. The number of nitrogen functional groups attached to an aromatic ring is 1. The van der Waals surface area contributed by atoms with Gasteiger partial charge in [-0.1, -0.05) is 19.1 Å². The molecule has 1 aliphatic heterocycles. The number of hydrogen-bond acceptors (Lipinski definition) is 10. The Kier molecular flexibility index (Phi) is 4.86. The first-order valence-corrected chi connectivity index (χ1v) is 9.14. The highest BCUT2D eigenvalue weighted by atomic mass is 16.6. The molecule has 0 unspecified atom stereocenters. The zero-order valence-electron chi connectivity index (χ0n) is 15.9. The van der Waals surface area contributed by atoms with E-state index in [0.717, 1.165) is 0 Å². The fourth-order valence-corrected chi connectivity index (χ4v) is 3.97. The quantitative estimate of drug-likeness (QED) is 0.323. The maximum Gasteiger partial charge on any atom is 0.269 e. The van der Waals surface area contributed by atoms with Crippen molar-refractivity contribution in [3.05, 3.63) is 52.6 Å². The van der Waals surface area contributed by atoms with Crippen LogP contribution in [0.15, 0.2) is 36.9 Å². The van der Waals surface area contributed by atoms with Gasteiger partial charge in [0.1, 0.15) is 30.2 Å². The first-order valence-electron chi connectivity index (χ1n) is 9.14. The summed E-state index contributed by atoms with van der Waals surface area (Å²) >= 11 is 0. The van der Waals surface area contributed by atoms with Gasteiger partial charge in [-0.2, -0.15) is 0 Å². The average molecular weight is 416 g/mol. The zero-order valence-corrected chi connectivity index (χ0v) is 15.9. The van der Waals surface area contributed by atoms with Gasteiger partial charge in [-0.15, -0.1) is 0 Å². The number of nitro benzene ring substituents is 1. The van der Waals surface area contributed by atoms with E-state index in [1.807, 2.05) is 0 Å². The van der Waals surface area contributed by atoms with E-state index >= 15 is 0 Å². The number of rotatable bonds is 5. The zero-order chi connectivity index (χ0) is 21.6. The Morgan fingerprint density at radius 2 is 2.00 bits per heavy atom. The Hall–Kier alpha value is -3.19. The predicted molar refractivity (Wildman–Crippen MR) is 103 cm³/mol. The van der Waals surface area contributed by atoms with Crippen molar-refractivity contribution in [2.24, 2.45) is 0 Å². The summed E-state index contributed by atoms with van der Waals surface area (Å²) in [5, 5.41) is 42.2. The highest BCUT2D eigenvalue weighted by molar-refractivity contribution is 5.81. The van der Waals surface area contributed by atoms with Crippen molar-refractivity contribution in [3.63, 3.8) is 0 Å². The number of nitrogens with two attached hydrogens (primary N) is 1. The van der Waals surface area contributed by atoms with E-state index in [-0.39, 0.29) is 22.7 Å². The number of imidazole rings is 1. The number of non-ortho nitro benzene ring substituents is 1. The van der Waals surface area contributed by atoms with Crippen LogP contribution in [0, 0.1) is 10.1 Å². The van der Waals surface area contributed by atoms with Gasteiger partial charge >= 0.3 is 0 Å². The third kappa shape index (κ3) is 2.81. The highest BCUT2D eigenvalue weighted by Crippen LogP contribution is 2.47. The van der Waals surface area contributed by atoms with E-state index in [1.165, 1.54) is 29.4 Å². The van der Waals surface area contributed by atoms with Crippen LogP contribution >= 0.6 is 0 Å². The maximum atomic E-state index is 11.1. The molecule has 30 heavy (non-hydrogen) atoms. The van der Waals surface area contributed by atoms with Gasteiger partial charge in [-0.25, -0.2) is 15.0 Å². The van der Waals surface area contributed by atoms with E-state index in [1.54, 1.807) is 19.1 Å². The van der Waals surface area contributed by atoms with Crippen LogP contribution < -0.4 is 5.73 Å². The van der Waals surface area contributed by atoms with Gasteiger partial charge in [0.2, 0.25) is 0 Å². The Balaban J connectivity index is 1.90. The van der Waals surface area contributed by atoms with E-state index in [2.05, 4.69) is 15.0 Å². The van der Waals surface area contributed by atoms with Crippen molar-refractivity contribution in [2.45, 2.75) is 36.9 Å². The van der Waals surface area contributed by atoms with Gasteiger partial charge < -0.3 is 25.8 Å². The smallest absolute Gasteiger partial charge is 0.269 e. The lowest BCUT2D eigenvalue weighted by Crippen LogP contribution is -2.49. The van der Waals surface area contributed by atoms with Crippen molar-refractivity contribution in [1.29, 1.82) is 0 Å². The van der Waals surface area contributed by atoms with Crippen molar-refractivity contribution in [2.75, 3.05) is 12.3 Å². The van der Waals surface area contributed by atoms with Gasteiger partial charge in [-0.3, -0.25) is 14.7 Å². The molecule has 12 nitrogen and oxygen atoms in total. The standard InChI is InChI=1S/C18H20N6O6/c1-9(10-2-4-11(5-3-10)24(28)29)18(15(27)14(26)12(6-25)30-18)23-8-22-13-16(19)20-7-21-17(13)23/h2-5,7-9,12,14-15,25-27H,6H2,1H3,(H2,19,20,21)/t9-,12+,14+,15+,18+/m0/s1. The summed E-state index contributed by atoms with van der Waals surface area (Å²) in [4.78, 5) is 22.8. The number of benzene rings is 1. The highest BCUT2D eigenvalue weighted by Gasteiger charge is 2.59. The lowest BCUT2D eigenvalue weighted by Gasteiger charge is -2.39. The summed E-state index contributed by atoms with van der Waals surface area (Å²) in [5.41, 5.74) is 5.30. The SMILES string of the molecule is C[C@@H](c1ccc([N+](=O)[O-])cc1)[C@@]1(n2cnc3c(N)ncnc32)O[C@H](CO)[C@@H](O)[C@H]1O. The van der Waals surface area contributed by atoms with Crippen molar-refractivity contribution in [1.82, 2.24) is 19.5 Å². The van der Waals surface area contributed by atoms with Gasteiger partial charge in [0.25, 0.3) is 5.69 Å². The molecule has 0 amide bonds. The average Bonchev–Trinajstić information content (AvgIpc) is 3.29. The van der Waals surface area contributed by atoms with Gasteiger partial charge in [-0.05, 0) is 5.56 Å². The summed E-state index contributed by atoms with van der Waals surface area (Å²) in [5.74, 6) is -0.517. The lowest BCUT2D eigenvalue weighted by molar-refractivity contribution is -0.384. The second kappa shape index (κ2) is 7.25. The van der Waals surface area contributed by atoms with E-state index in [4.69, 9.17) is 10.5 Å². The molecular formula is C18H20N6O6. The van der Waals surface area contributed by atoms with Crippen LogP contribution in [0.5, 0.6) is 0 Å². The molecule has 0 spiro atoms. The number of nitrogens with zero attached hydrogens (tertiary/aromatic N) is 5. The molecule has 2 aromatic heterocycles. The fourth-order valence-electron chi connectivity index (χ4n) is 3.97. The van der Waals surface area contributed by atoms with Crippen molar-refractivity contribution in [3.8, 4) is 0 Å². The normalized spacial score (nSPS) is 27.4. The Bertz CT molecular complexity index is 1090. The molecule has 1 aliphatic rings. The molecule has 12 heteroatoms. The van der Waals surface area contributed by atoms with E-state index in [9.17, 15) is 25.4 Å². The Morgan fingerprint density at radius 3 is 2.60 bits per heavy atom. The fraction of sp³-hybridized carbons (Fsp3) is 0.389. The van der Waals surface area contributed by atoms with E-state index < -0.39 is 41.5 Å². The number of fused-ring (bicyclic) bond motifs is 1. The molecular weight excluding hydrogens is 396 g/mol. The molecule has 1 saturated heterocycles. The molecule has 0 bridgehead atoms. The second-order valence-corrected chi connectivity index (χ2v) is 7.14. The van der Waals surface area contributed by atoms with E-state index in [0.29, 0.717) is 5.56 Å². The molecule has 1 aromatic carbocycles. The number of hydrogen-bond donors (Lipinski definition) is 4. The summed E-state index contributed by atoms with van der Waals surface area (Å²) in [7, 11) is 0. The molecule has 0 saturated carbocycles. The van der Waals surface area contributed by atoms with Crippen LogP contribution in [0.4, 0.5) is 11.5 Å². The Labute approximate surface area is 169 Å². The summed E-state index contributed by atoms with van der Waals surface area (Å²) in [6.07, 6.45) is -1.34. The minimum atomic E-state index is -1.63. The molecule has 0 radical (unpaired) electrons. The second-order valence-electron chi connectivity index (χ2n) is 7.14. The molecule has 4 rings (SSSR count). The number of nitro groups is 1. The van der Waals surface area contributed by atoms with Crippen molar-refractivity contribution >= 4 is 22.7 Å². The van der Waals surface area contributed by atoms with Crippen molar-refractivity contribution < 1.29 is 25.0 Å². The summed E-state index contributed by atoms with van der Waals surface area (Å²) in [6.45, 7) is 1.20. The van der Waals surface area contributed by atoms with Crippen LogP contribution in [0.2, 0.25) is 0 Å². The third-order valence-electron chi connectivity index (χ3n) is 5.61. The number of anilines is 1. The van der Waals surface area contributed by atoms with Gasteiger partial charge in [0, 0.05) is 18.1 Å². The number of aliphatic hydroxyl groups is 3. The molecule has 3 aromatic rings. The number of ether oxygens (including phenoxy) is 1. The molecule has 158 valence electrons. The van der Waals surface area contributed by atoms with Crippen LogP contribution in [-0.4, -0.2) is 64.7 Å². The lowest BCUT2D eigenvalue weighted by atomic mass is 9.85. The molecule has 5 atom stereocenters. The number of aliphatic hydroxyl groups excluding tert-OH is 3. The maximum absolute atomic E-state index is 11.1. The van der Waals surface area contributed by atoms with Crippen LogP contribution in [0.3, 0.4) is 0 Å². The van der Waals surface area contributed by atoms with Gasteiger partial charge in [0.05, 0.1) is 17.9 Å². The number of aromatic nitrogens is 4.